The van der Waals surface area contributed by atoms with E-state index in [2.05, 4.69) is 17.1 Å². The monoisotopic (exact) mass is 373 g/mol. The van der Waals surface area contributed by atoms with E-state index in [-0.39, 0.29) is 30.3 Å². The van der Waals surface area contributed by atoms with Gasteiger partial charge in [0.2, 0.25) is 11.8 Å². The number of hydrogen-bond donors (Lipinski definition) is 1. The van der Waals surface area contributed by atoms with Gasteiger partial charge in [-0.3, -0.25) is 14.5 Å². The summed E-state index contributed by atoms with van der Waals surface area (Å²) in [6.45, 7) is 9.37. The molecule has 2 amide bonds. The summed E-state index contributed by atoms with van der Waals surface area (Å²) >= 11 is 0. The van der Waals surface area contributed by atoms with Gasteiger partial charge in [-0.25, -0.2) is 0 Å². The second-order valence-corrected chi connectivity index (χ2v) is 7.74. The van der Waals surface area contributed by atoms with Crippen LogP contribution in [0.3, 0.4) is 0 Å². The number of nitrogens with one attached hydrogen (secondary N) is 1. The van der Waals surface area contributed by atoms with Crippen LogP contribution in [0.5, 0.6) is 5.75 Å². The fourth-order valence-corrected chi connectivity index (χ4v) is 4.01. The van der Waals surface area contributed by atoms with Crippen molar-refractivity contribution in [1.29, 1.82) is 0 Å². The molecule has 3 rings (SSSR count). The summed E-state index contributed by atoms with van der Waals surface area (Å²) in [5, 5.41) is 3.07. The summed E-state index contributed by atoms with van der Waals surface area (Å²) in [5.41, 5.74) is 0.819. The third kappa shape index (κ3) is 4.80. The van der Waals surface area contributed by atoms with Crippen molar-refractivity contribution < 1.29 is 14.3 Å². The molecule has 0 bridgehead atoms. The molecule has 1 aromatic rings. The lowest BCUT2D eigenvalue weighted by atomic mass is 10.1. The molecular formula is C21H31N3O3. The first-order chi connectivity index (χ1) is 13.0. The van der Waals surface area contributed by atoms with Crippen molar-refractivity contribution in [1.82, 2.24) is 10.2 Å². The van der Waals surface area contributed by atoms with E-state index in [1.807, 2.05) is 38.1 Å². The van der Waals surface area contributed by atoms with Crippen molar-refractivity contribution in [3.8, 4) is 5.75 Å². The summed E-state index contributed by atoms with van der Waals surface area (Å²) < 4.78 is 5.65. The van der Waals surface area contributed by atoms with Crippen LogP contribution in [-0.2, 0) is 9.59 Å². The van der Waals surface area contributed by atoms with Crippen molar-refractivity contribution in [3.63, 3.8) is 0 Å². The second kappa shape index (κ2) is 8.74. The van der Waals surface area contributed by atoms with E-state index in [0.717, 1.165) is 30.9 Å². The number of rotatable bonds is 7. The number of amides is 2. The summed E-state index contributed by atoms with van der Waals surface area (Å²) in [7, 11) is 0. The number of carbonyl (C=O) groups excluding carboxylic acids is 2. The van der Waals surface area contributed by atoms with Crippen molar-refractivity contribution in [2.75, 3.05) is 31.1 Å². The molecule has 27 heavy (non-hydrogen) atoms. The van der Waals surface area contributed by atoms with E-state index >= 15 is 0 Å². The Morgan fingerprint density at radius 1 is 1.30 bits per heavy atom. The molecule has 0 unspecified atom stereocenters. The molecule has 1 aromatic carbocycles. The van der Waals surface area contributed by atoms with Crippen LogP contribution in [0.2, 0.25) is 0 Å². The molecule has 2 saturated heterocycles. The molecule has 6 heteroatoms. The normalized spacial score (nSPS) is 23.3. The number of likely N-dealkylation sites (tertiary alicyclic amines) is 1. The minimum absolute atomic E-state index is 0.00345. The predicted molar refractivity (Wildman–Crippen MR) is 106 cm³/mol. The van der Waals surface area contributed by atoms with E-state index in [4.69, 9.17) is 4.74 Å². The van der Waals surface area contributed by atoms with Crippen molar-refractivity contribution in [2.45, 2.75) is 52.2 Å². The molecule has 0 aliphatic carbocycles. The molecule has 2 atom stereocenters. The zero-order chi connectivity index (χ0) is 19.4. The molecule has 1 N–H and O–H groups in total. The summed E-state index contributed by atoms with van der Waals surface area (Å²) in [6.07, 6.45) is 2.72. The molecular weight excluding hydrogens is 342 g/mol. The third-order valence-electron chi connectivity index (χ3n) is 5.43. The number of benzene rings is 1. The lowest BCUT2D eigenvalue weighted by Gasteiger charge is -2.23. The van der Waals surface area contributed by atoms with Crippen LogP contribution in [0, 0.1) is 5.92 Å². The lowest BCUT2D eigenvalue weighted by molar-refractivity contribution is -0.126. The smallest absolute Gasteiger partial charge is 0.227 e. The average Bonchev–Trinajstić information content (AvgIpc) is 3.26. The largest absolute Gasteiger partial charge is 0.491 e. The van der Waals surface area contributed by atoms with Crippen LogP contribution in [0.4, 0.5) is 5.69 Å². The minimum atomic E-state index is -0.277. The van der Waals surface area contributed by atoms with Gasteiger partial charge in [-0.05, 0) is 64.0 Å². The first kappa shape index (κ1) is 19.7. The number of carbonyl (C=O) groups is 2. The van der Waals surface area contributed by atoms with Crippen LogP contribution < -0.4 is 15.0 Å². The molecule has 0 radical (unpaired) electrons. The van der Waals surface area contributed by atoms with E-state index in [0.29, 0.717) is 19.1 Å². The Balaban J connectivity index is 1.54. The second-order valence-electron chi connectivity index (χ2n) is 7.74. The van der Waals surface area contributed by atoms with Crippen LogP contribution in [0.25, 0.3) is 0 Å². The summed E-state index contributed by atoms with van der Waals surface area (Å²) in [6, 6.07) is 7.94. The van der Waals surface area contributed by atoms with Crippen molar-refractivity contribution >= 4 is 17.5 Å². The number of anilines is 1. The Kier molecular flexibility index (Phi) is 6.37. The van der Waals surface area contributed by atoms with Gasteiger partial charge in [-0.15, -0.1) is 0 Å². The number of hydrogen-bond acceptors (Lipinski definition) is 4. The van der Waals surface area contributed by atoms with E-state index in [1.54, 1.807) is 4.90 Å². The Hall–Kier alpha value is -2.08. The highest BCUT2D eigenvalue weighted by molar-refractivity contribution is 6.00. The SMILES string of the molecule is CCN1CCC[C@H]1CNC(=O)[C@H]1CC(=O)N(c2ccc(OC(C)C)cc2)C1. The maximum Gasteiger partial charge on any atom is 0.227 e. The van der Waals surface area contributed by atoms with Gasteiger partial charge in [0.15, 0.2) is 0 Å². The van der Waals surface area contributed by atoms with Gasteiger partial charge in [-0.2, -0.15) is 0 Å². The number of likely N-dealkylation sites (N-methyl/N-ethyl adjacent to an activating group) is 1. The molecule has 0 aromatic heterocycles. The van der Waals surface area contributed by atoms with E-state index in [1.165, 1.54) is 6.42 Å². The van der Waals surface area contributed by atoms with Crippen LogP contribution in [0.1, 0.15) is 40.0 Å². The molecule has 0 spiro atoms. The quantitative estimate of drug-likeness (QED) is 0.797. The zero-order valence-electron chi connectivity index (χ0n) is 16.6. The van der Waals surface area contributed by atoms with Crippen LogP contribution >= 0.6 is 0 Å². The Bertz CT molecular complexity index is 659. The molecule has 6 nitrogen and oxygen atoms in total. The molecule has 2 heterocycles. The van der Waals surface area contributed by atoms with E-state index in [9.17, 15) is 9.59 Å². The lowest BCUT2D eigenvalue weighted by Crippen LogP contribution is -2.42. The molecule has 0 saturated carbocycles. The highest BCUT2D eigenvalue weighted by Crippen LogP contribution is 2.27. The van der Waals surface area contributed by atoms with Crippen LogP contribution in [-0.4, -0.2) is 55.0 Å². The van der Waals surface area contributed by atoms with Gasteiger partial charge >= 0.3 is 0 Å². The average molecular weight is 373 g/mol. The molecule has 2 aliphatic rings. The van der Waals surface area contributed by atoms with Gasteiger partial charge in [0.05, 0.1) is 12.0 Å². The predicted octanol–water partition coefficient (Wildman–Crippen LogP) is 2.43. The molecule has 2 fully saturated rings. The Morgan fingerprint density at radius 3 is 2.70 bits per heavy atom. The first-order valence-electron chi connectivity index (χ1n) is 10.1. The minimum Gasteiger partial charge on any atom is -0.491 e. The third-order valence-corrected chi connectivity index (χ3v) is 5.43. The number of nitrogens with zero attached hydrogens (tertiary/aromatic N) is 2. The highest BCUT2D eigenvalue weighted by Gasteiger charge is 2.35. The van der Waals surface area contributed by atoms with Crippen LogP contribution in [0.15, 0.2) is 24.3 Å². The fraction of sp³-hybridized carbons (Fsp3) is 0.619. The van der Waals surface area contributed by atoms with Gasteiger partial charge in [0.25, 0.3) is 0 Å². The zero-order valence-corrected chi connectivity index (χ0v) is 16.6. The highest BCUT2D eigenvalue weighted by atomic mass is 16.5. The summed E-state index contributed by atoms with van der Waals surface area (Å²) in [4.78, 5) is 29.1. The van der Waals surface area contributed by atoms with Gasteiger partial charge in [-0.1, -0.05) is 6.92 Å². The Morgan fingerprint density at radius 2 is 2.04 bits per heavy atom. The fourth-order valence-electron chi connectivity index (χ4n) is 4.01. The first-order valence-corrected chi connectivity index (χ1v) is 10.1. The Labute approximate surface area is 161 Å². The maximum atomic E-state index is 12.6. The number of ether oxygens (including phenoxy) is 1. The standard InChI is InChI=1S/C21H31N3O3/c1-4-23-11-5-6-18(23)13-22-21(26)16-12-20(25)24(14-16)17-7-9-19(10-8-17)27-15(2)3/h7-10,15-16,18H,4-6,11-14H2,1-3H3,(H,22,26)/t16-,18-/m0/s1. The van der Waals surface area contributed by atoms with Gasteiger partial charge < -0.3 is 15.0 Å². The topological polar surface area (TPSA) is 61.9 Å². The van der Waals surface area contributed by atoms with Crippen molar-refractivity contribution in [3.05, 3.63) is 24.3 Å². The summed E-state index contributed by atoms with van der Waals surface area (Å²) in [5.74, 6) is 0.504. The van der Waals surface area contributed by atoms with E-state index < -0.39 is 0 Å². The maximum absolute atomic E-state index is 12.6. The van der Waals surface area contributed by atoms with Gasteiger partial charge in [0, 0.05) is 31.2 Å². The molecule has 2 aliphatic heterocycles. The molecule has 148 valence electrons. The van der Waals surface area contributed by atoms with Crippen molar-refractivity contribution in [2.24, 2.45) is 5.92 Å². The van der Waals surface area contributed by atoms with Gasteiger partial charge in [0.1, 0.15) is 5.75 Å².